The first-order valence-electron chi connectivity index (χ1n) is 6.79. The number of alkyl halides is 3. The zero-order valence-corrected chi connectivity index (χ0v) is 12.7. The highest BCUT2D eigenvalue weighted by Crippen LogP contribution is 2.30. The van der Waals surface area contributed by atoms with Gasteiger partial charge in [-0.2, -0.15) is 35.7 Å². The number of hydrogen-bond donors (Lipinski definition) is 1. The van der Waals surface area contributed by atoms with Gasteiger partial charge < -0.3 is 0 Å². The summed E-state index contributed by atoms with van der Waals surface area (Å²) in [5, 5.41) is 8.70. The van der Waals surface area contributed by atoms with Gasteiger partial charge in [-0.05, 0) is 24.3 Å². The number of benzene rings is 2. The van der Waals surface area contributed by atoms with Gasteiger partial charge in [0.1, 0.15) is 11.4 Å². The average Bonchev–Trinajstić information content (AvgIpc) is 2.99. The monoisotopic (exact) mass is 335 g/mol. The van der Waals surface area contributed by atoms with E-state index in [9.17, 15) is 13.2 Å². The van der Waals surface area contributed by atoms with Crippen molar-refractivity contribution in [2.24, 2.45) is 0 Å². The van der Waals surface area contributed by atoms with Crippen LogP contribution in [0.4, 0.5) is 13.2 Å². The molecule has 23 heavy (non-hydrogen) atoms. The average molecular weight is 335 g/mol. The van der Waals surface area contributed by atoms with Crippen LogP contribution in [0.5, 0.6) is 0 Å². The predicted octanol–water partition coefficient (Wildman–Crippen LogP) is 4.38. The Kier molecular flexibility index (Phi) is 4.12. The second-order valence-electron chi connectivity index (χ2n) is 4.85. The number of aromatic nitrogens is 3. The molecule has 0 saturated carbocycles. The molecule has 0 N–H and O–H groups in total. The molecule has 0 aliphatic rings. The predicted molar refractivity (Wildman–Crippen MR) is 84.5 cm³/mol. The van der Waals surface area contributed by atoms with Gasteiger partial charge in [0.25, 0.3) is 0 Å². The van der Waals surface area contributed by atoms with E-state index in [1.807, 2.05) is 30.3 Å². The van der Waals surface area contributed by atoms with E-state index in [0.29, 0.717) is 22.8 Å². The van der Waals surface area contributed by atoms with E-state index >= 15 is 0 Å². The molecule has 2 aromatic carbocycles. The molecule has 1 aromatic heterocycles. The standard InChI is InChI=1S/C16H12F3N3S/c17-16(18,19)12-6-8-13(9-7-12)22-20-14(10-23)15(21-22)11-4-2-1-3-5-11/h1-9,23H,10H2. The molecule has 0 radical (unpaired) electrons. The lowest BCUT2D eigenvalue weighted by Crippen LogP contribution is -2.06. The van der Waals surface area contributed by atoms with Crippen molar-refractivity contribution in [3.8, 4) is 16.9 Å². The highest BCUT2D eigenvalue weighted by atomic mass is 32.1. The van der Waals surface area contributed by atoms with Crippen LogP contribution in [0, 0.1) is 0 Å². The lowest BCUT2D eigenvalue weighted by atomic mass is 10.1. The maximum atomic E-state index is 12.6. The van der Waals surface area contributed by atoms with Crippen LogP contribution in [0.3, 0.4) is 0 Å². The van der Waals surface area contributed by atoms with Gasteiger partial charge in [-0.1, -0.05) is 30.3 Å². The van der Waals surface area contributed by atoms with Crippen molar-refractivity contribution < 1.29 is 13.2 Å². The summed E-state index contributed by atoms with van der Waals surface area (Å²) >= 11 is 4.25. The van der Waals surface area contributed by atoms with Gasteiger partial charge in [0, 0.05) is 11.3 Å². The number of rotatable bonds is 3. The van der Waals surface area contributed by atoms with Crippen LogP contribution < -0.4 is 0 Å². The molecular formula is C16H12F3N3S. The van der Waals surface area contributed by atoms with E-state index in [1.165, 1.54) is 16.9 Å². The van der Waals surface area contributed by atoms with Crippen LogP contribution in [0.25, 0.3) is 16.9 Å². The van der Waals surface area contributed by atoms with Gasteiger partial charge in [-0.15, -0.1) is 5.10 Å². The van der Waals surface area contributed by atoms with Gasteiger partial charge in [0.2, 0.25) is 0 Å². The second kappa shape index (κ2) is 6.08. The maximum Gasteiger partial charge on any atom is 0.416 e. The van der Waals surface area contributed by atoms with Crippen molar-refractivity contribution >= 4 is 12.6 Å². The molecule has 118 valence electrons. The Balaban J connectivity index is 2.00. The second-order valence-corrected chi connectivity index (χ2v) is 5.17. The van der Waals surface area contributed by atoms with Gasteiger partial charge in [-0.3, -0.25) is 0 Å². The smallest absolute Gasteiger partial charge is 0.173 e. The highest BCUT2D eigenvalue weighted by molar-refractivity contribution is 7.79. The summed E-state index contributed by atoms with van der Waals surface area (Å²) in [6, 6.07) is 14.2. The van der Waals surface area contributed by atoms with E-state index in [1.54, 1.807) is 0 Å². The summed E-state index contributed by atoms with van der Waals surface area (Å²) in [6.45, 7) is 0. The third-order valence-electron chi connectivity index (χ3n) is 3.31. The van der Waals surface area contributed by atoms with Crippen molar-refractivity contribution in [1.82, 2.24) is 15.0 Å². The minimum atomic E-state index is -4.36. The van der Waals surface area contributed by atoms with Crippen LogP contribution in [0.15, 0.2) is 54.6 Å². The molecule has 0 saturated heterocycles. The van der Waals surface area contributed by atoms with Crippen molar-refractivity contribution in [3.63, 3.8) is 0 Å². The Labute approximate surface area is 136 Å². The molecule has 1 heterocycles. The number of thiol groups is 1. The van der Waals surface area contributed by atoms with Crippen LogP contribution in [0.2, 0.25) is 0 Å². The van der Waals surface area contributed by atoms with Gasteiger partial charge in [-0.25, -0.2) is 0 Å². The first kappa shape index (κ1) is 15.6. The lowest BCUT2D eigenvalue weighted by molar-refractivity contribution is -0.137. The Morgan fingerprint density at radius 1 is 0.913 bits per heavy atom. The highest BCUT2D eigenvalue weighted by Gasteiger charge is 2.30. The first-order valence-corrected chi connectivity index (χ1v) is 7.42. The summed E-state index contributed by atoms with van der Waals surface area (Å²) in [7, 11) is 0. The van der Waals surface area contributed by atoms with Crippen molar-refractivity contribution in [2.75, 3.05) is 0 Å². The Bertz CT molecular complexity index is 796. The SMILES string of the molecule is FC(F)(F)c1ccc(-n2nc(CS)c(-c3ccccc3)n2)cc1. The fourth-order valence-corrected chi connectivity index (χ4v) is 2.38. The Hall–Kier alpha value is -2.28. The molecule has 3 aromatic rings. The van der Waals surface area contributed by atoms with Gasteiger partial charge in [0.05, 0.1) is 11.3 Å². The van der Waals surface area contributed by atoms with E-state index < -0.39 is 11.7 Å². The first-order chi connectivity index (χ1) is 11.0. The van der Waals surface area contributed by atoms with E-state index in [0.717, 1.165) is 17.7 Å². The van der Waals surface area contributed by atoms with Gasteiger partial charge in [0.15, 0.2) is 0 Å². The summed E-state index contributed by atoms with van der Waals surface area (Å²) in [4.78, 5) is 1.33. The third-order valence-corrected chi connectivity index (χ3v) is 3.61. The fourth-order valence-electron chi connectivity index (χ4n) is 2.16. The van der Waals surface area contributed by atoms with E-state index in [-0.39, 0.29) is 0 Å². The molecule has 0 amide bonds. The van der Waals surface area contributed by atoms with Crippen molar-refractivity contribution in [1.29, 1.82) is 0 Å². The molecule has 0 spiro atoms. The largest absolute Gasteiger partial charge is 0.416 e. The quantitative estimate of drug-likeness (QED) is 0.720. The lowest BCUT2D eigenvalue weighted by Gasteiger charge is -2.06. The molecule has 0 aliphatic carbocycles. The topological polar surface area (TPSA) is 30.7 Å². The van der Waals surface area contributed by atoms with E-state index in [2.05, 4.69) is 22.8 Å². The molecule has 0 aliphatic heterocycles. The Morgan fingerprint density at radius 2 is 1.57 bits per heavy atom. The molecule has 0 unspecified atom stereocenters. The van der Waals surface area contributed by atoms with Crippen LogP contribution in [-0.4, -0.2) is 15.0 Å². The molecule has 0 atom stereocenters. The summed E-state index contributed by atoms with van der Waals surface area (Å²) in [5.41, 5.74) is 1.98. The molecule has 3 rings (SSSR count). The number of halogens is 3. The van der Waals surface area contributed by atoms with Crippen LogP contribution in [0.1, 0.15) is 11.3 Å². The third kappa shape index (κ3) is 3.24. The van der Waals surface area contributed by atoms with Gasteiger partial charge >= 0.3 is 6.18 Å². The molecule has 0 fully saturated rings. The van der Waals surface area contributed by atoms with Crippen molar-refractivity contribution in [2.45, 2.75) is 11.9 Å². The van der Waals surface area contributed by atoms with Crippen LogP contribution >= 0.6 is 12.6 Å². The number of nitrogens with zero attached hydrogens (tertiary/aromatic N) is 3. The molecule has 0 bridgehead atoms. The van der Waals surface area contributed by atoms with Crippen LogP contribution in [-0.2, 0) is 11.9 Å². The molecule has 3 nitrogen and oxygen atoms in total. The van der Waals surface area contributed by atoms with E-state index in [4.69, 9.17) is 0 Å². The number of hydrogen-bond acceptors (Lipinski definition) is 3. The zero-order chi connectivity index (χ0) is 16.4. The summed E-state index contributed by atoms with van der Waals surface area (Å²) in [6.07, 6.45) is -4.36. The molecule has 7 heteroatoms. The minimum Gasteiger partial charge on any atom is -0.173 e. The van der Waals surface area contributed by atoms with Crippen molar-refractivity contribution in [3.05, 3.63) is 65.9 Å². The normalized spacial score (nSPS) is 11.7. The summed E-state index contributed by atoms with van der Waals surface area (Å²) in [5.74, 6) is 0.380. The zero-order valence-electron chi connectivity index (χ0n) is 11.8. The minimum absolute atomic E-state index is 0.380. The molecular weight excluding hydrogens is 323 g/mol. The Morgan fingerprint density at radius 3 is 2.13 bits per heavy atom. The fraction of sp³-hybridized carbons (Fsp3) is 0.125. The maximum absolute atomic E-state index is 12.6. The summed E-state index contributed by atoms with van der Waals surface area (Å²) < 4.78 is 37.9.